The number of hydrogen-bond donors (Lipinski definition) is 1. The number of carbonyl (C=O) groups is 1. The van der Waals surface area contributed by atoms with Crippen LogP contribution in [0.15, 0.2) is 64.5 Å². The molecule has 24 heavy (non-hydrogen) atoms. The van der Waals surface area contributed by atoms with Crippen LogP contribution in [-0.4, -0.2) is 22.2 Å². The Balaban J connectivity index is 1.82. The fraction of sp³-hybridized carbons (Fsp3) is 0.111. The van der Waals surface area contributed by atoms with Crippen molar-refractivity contribution >= 4 is 40.2 Å². The third-order valence-electron chi connectivity index (χ3n) is 3.32. The van der Waals surface area contributed by atoms with E-state index < -0.39 is 12.1 Å². The first-order valence-electron chi connectivity index (χ1n) is 7.25. The van der Waals surface area contributed by atoms with Crippen LogP contribution in [0.2, 0.25) is 5.02 Å². The number of aliphatic carboxylic acids is 1. The second-order valence-corrected chi connectivity index (χ2v) is 6.69. The first-order valence-corrected chi connectivity index (χ1v) is 8.44. The number of carboxylic acid groups (broad SMARTS) is 1. The Labute approximate surface area is 148 Å². The Morgan fingerprint density at radius 1 is 1.21 bits per heavy atom. The maximum absolute atomic E-state index is 10.9. The summed E-state index contributed by atoms with van der Waals surface area (Å²) in [7, 11) is 0. The Kier molecular flexibility index (Phi) is 4.92. The van der Waals surface area contributed by atoms with Crippen LogP contribution in [0.1, 0.15) is 6.92 Å². The van der Waals surface area contributed by atoms with Crippen LogP contribution in [0.4, 0.5) is 0 Å². The summed E-state index contributed by atoms with van der Waals surface area (Å²) in [5.41, 5.74) is 0.833. The minimum absolute atomic E-state index is 0.513. The molecule has 0 unspecified atom stereocenters. The highest BCUT2D eigenvalue weighted by atomic mass is 35.5. The number of halogens is 1. The van der Waals surface area contributed by atoms with Crippen molar-refractivity contribution in [3.05, 3.63) is 59.6 Å². The Bertz CT molecular complexity index is 900. The van der Waals surface area contributed by atoms with E-state index in [0.717, 1.165) is 20.8 Å². The van der Waals surface area contributed by atoms with Crippen molar-refractivity contribution in [3.8, 4) is 5.75 Å². The zero-order valence-electron chi connectivity index (χ0n) is 12.8. The van der Waals surface area contributed by atoms with Crippen LogP contribution >= 0.6 is 23.4 Å². The van der Waals surface area contributed by atoms with Gasteiger partial charge in [0.2, 0.25) is 0 Å². The molecule has 3 aromatic rings. The van der Waals surface area contributed by atoms with E-state index in [-0.39, 0.29) is 0 Å². The van der Waals surface area contributed by atoms with Crippen molar-refractivity contribution in [2.75, 3.05) is 0 Å². The summed E-state index contributed by atoms with van der Waals surface area (Å²) in [6, 6.07) is 16.8. The molecule has 0 aliphatic carbocycles. The molecule has 0 spiro atoms. The first kappa shape index (κ1) is 16.6. The van der Waals surface area contributed by atoms with Gasteiger partial charge in [0.1, 0.15) is 10.8 Å². The molecule has 1 aromatic heterocycles. The summed E-state index contributed by atoms with van der Waals surface area (Å²) in [5.74, 6) is -0.486. The molecule has 0 saturated carbocycles. The lowest BCUT2D eigenvalue weighted by atomic mass is 10.2. The number of rotatable bonds is 5. The van der Waals surface area contributed by atoms with Gasteiger partial charge in [-0.25, -0.2) is 9.78 Å². The summed E-state index contributed by atoms with van der Waals surface area (Å²) in [5, 5.41) is 11.4. The van der Waals surface area contributed by atoms with Crippen LogP contribution in [0.5, 0.6) is 5.75 Å². The molecular weight excluding hydrogens is 346 g/mol. The van der Waals surface area contributed by atoms with E-state index in [0.29, 0.717) is 10.8 Å². The highest BCUT2D eigenvalue weighted by molar-refractivity contribution is 7.99. The van der Waals surface area contributed by atoms with Gasteiger partial charge in [-0.3, -0.25) is 0 Å². The van der Waals surface area contributed by atoms with Crippen molar-refractivity contribution < 1.29 is 14.6 Å². The molecule has 0 saturated heterocycles. The van der Waals surface area contributed by atoms with Gasteiger partial charge in [-0.15, -0.1) is 0 Å². The largest absolute Gasteiger partial charge is 0.479 e. The summed E-state index contributed by atoms with van der Waals surface area (Å²) in [6.45, 7) is 1.50. The minimum atomic E-state index is -0.999. The fourth-order valence-corrected chi connectivity index (χ4v) is 3.12. The smallest absolute Gasteiger partial charge is 0.344 e. The van der Waals surface area contributed by atoms with Gasteiger partial charge < -0.3 is 9.84 Å². The van der Waals surface area contributed by atoms with E-state index >= 15 is 0 Å². The number of ether oxygens (including phenoxy) is 1. The molecule has 0 aliphatic heterocycles. The molecule has 6 heteroatoms. The molecule has 0 aliphatic rings. The second-order valence-electron chi connectivity index (χ2n) is 5.16. The predicted octanol–water partition coefficient (Wildman–Crippen LogP) is 4.89. The Morgan fingerprint density at radius 2 is 2.00 bits per heavy atom. The van der Waals surface area contributed by atoms with Crippen molar-refractivity contribution in [1.82, 2.24) is 4.98 Å². The third kappa shape index (κ3) is 3.99. The lowest BCUT2D eigenvalue weighted by molar-refractivity contribution is -0.144. The van der Waals surface area contributed by atoms with E-state index in [1.165, 1.54) is 18.7 Å². The molecule has 0 fully saturated rings. The summed E-state index contributed by atoms with van der Waals surface area (Å²) < 4.78 is 5.39. The van der Waals surface area contributed by atoms with Gasteiger partial charge in [-0.1, -0.05) is 41.6 Å². The lowest BCUT2D eigenvalue weighted by Gasteiger charge is -2.11. The molecule has 1 N–H and O–H groups in total. The monoisotopic (exact) mass is 359 g/mol. The molecule has 0 amide bonds. The van der Waals surface area contributed by atoms with Gasteiger partial charge >= 0.3 is 5.97 Å². The van der Waals surface area contributed by atoms with Crippen LogP contribution < -0.4 is 4.74 Å². The lowest BCUT2D eigenvalue weighted by Crippen LogP contribution is -2.22. The first-order chi connectivity index (χ1) is 11.5. The van der Waals surface area contributed by atoms with Crippen molar-refractivity contribution in [2.45, 2.75) is 22.9 Å². The van der Waals surface area contributed by atoms with E-state index in [2.05, 4.69) is 4.98 Å². The van der Waals surface area contributed by atoms with Gasteiger partial charge in [0, 0.05) is 15.3 Å². The van der Waals surface area contributed by atoms with Gasteiger partial charge in [0.05, 0.1) is 5.52 Å². The number of fused-ring (bicyclic) bond motifs is 1. The number of nitrogens with zero attached hydrogens (tertiary/aromatic N) is 1. The van der Waals surface area contributed by atoms with Crippen LogP contribution in [-0.2, 0) is 4.79 Å². The highest BCUT2D eigenvalue weighted by Crippen LogP contribution is 2.30. The molecule has 3 rings (SSSR count). The quantitative estimate of drug-likeness (QED) is 0.702. The maximum Gasteiger partial charge on any atom is 0.344 e. The summed E-state index contributed by atoms with van der Waals surface area (Å²) in [6.07, 6.45) is -0.897. The van der Waals surface area contributed by atoms with E-state index in [1.54, 1.807) is 12.1 Å². The van der Waals surface area contributed by atoms with Gasteiger partial charge in [0.25, 0.3) is 0 Å². The normalized spacial score (nSPS) is 12.1. The summed E-state index contributed by atoms with van der Waals surface area (Å²) >= 11 is 7.49. The van der Waals surface area contributed by atoms with E-state index in [4.69, 9.17) is 21.4 Å². The predicted molar refractivity (Wildman–Crippen MR) is 95.0 cm³/mol. The molecule has 122 valence electrons. The maximum atomic E-state index is 10.9. The average molecular weight is 360 g/mol. The van der Waals surface area contributed by atoms with Crippen molar-refractivity contribution in [2.24, 2.45) is 0 Å². The molecule has 1 heterocycles. The minimum Gasteiger partial charge on any atom is -0.479 e. The zero-order chi connectivity index (χ0) is 17.1. The number of hydrogen-bond acceptors (Lipinski definition) is 4. The van der Waals surface area contributed by atoms with E-state index in [9.17, 15) is 4.79 Å². The topological polar surface area (TPSA) is 59.4 Å². The van der Waals surface area contributed by atoms with Crippen LogP contribution in [0.25, 0.3) is 10.9 Å². The number of carboxylic acids is 1. The standard InChI is InChI=1S/C18H14ClNO3S/c1-11(18(21)22)23-14-3-2-4-15(10-14)24-17-8-6-12-5-7-13(19)9-16(12)20-17/h2-11H,1H3,(H,21,22)/t11-/m0/s1. The van der Waals surface area contributed by atoms with Gasteiger partial charge in [0.15, 0.2) is 6.10 Å². The molecule has 0 radical (unpaired) electrons. The van der Waals surface area contributed by atoms with E-state index in [1.807, 2.05) is 42.5 Å². The average Bonchev–Trinajstić information content (AvgIpc) is 2.54. The fourth-order valence-electron chi connectivity index (χ4n) is 2.11. The molecular formula is C18H14ClNO3S. The zero-order valence-corrected chi connectivity index (χ0v) is 14.3. The summed E-state index contributed by atoms with van der Waals surface area (Å²) in [4.78, 5) is 16.4. The van der Waals surface area contributed by atoms with Crippen LogP contribution in [0.3, 0.4) is 0 Å². The highest BCUT2D eigenvalue weighted by Gasteiger charge is 2.12. The number of pyridine rings is 1. The van der Waals surface area contributed by atoms with Crippen molar-refractivity contribution in [1.29, 1.82) is 0 Å². The Morgan fingerprint density at radius 3 is 2.79 bits per heavy atom. The van der Waals surface area contributed by atoms with Gasteiger partial charge in [-0.2, -0.15) is 0 Å². The number of benzene rings is 2. The molecule has 0 bridgehead atoms. The number of aromatic nitrogens is 1. The molecule has 4 nitrogen and oxygen atoms in total. The third-order valence-corrected chi connectivity index (χ3v) is 4.48. The SMILES string of the molecule is C[C@H](Oc1cccc(Sc2ccc3ccc(Cl)cc3n2)c1)C(=O)O. The van der Waals surface area contributed by atoms with Gasteiger partial charge in [-0.05, 0) is 43.3 Å². The Hall–Kier alpha value is -2.24. The molecule has 2 aromatic carbocycles. The molecule has 1 atom stereocenters. The van der Waals surface area contributed by atoms with Crippen molar-refractivity contribution in [3.63, 3.8) is 0 Å². The van der Waals surface area contributed by atoms with Crippen LogP contribution in [0, 0.1) is 0 Å². The second kappa shape index (κ2) is 7.11.